The summed E-state index contributed by atoms with van der Waals surface area (Å²) >= 11 is 8.56. The molecule has 0 spiro atoms. The molecule has 1 N–H and O–H groups in total. The Bertz CT molecular complexity index is 453. The van der Waals surface area contributed by atoms with Crippen molar-refractivity contribution in [2.75, 3.05) is 12.4 Å². The van der Waals surface area contributed by atoms with Crippen LogP contribution in [0.4, 0.5) is 5.13 Å². The molecule has 2 nitrogen and oxygen atoms in total. The molecule has 5 heteroatoms. The maximum atomic E-state index is 4.41. The first-order chi connectivity index (χ1) is 6.20. The lowest BCUT2D eigenvalue weighted by molar-refractivity contribution is 1.41. The zero-order chi connectivity index (χ0) is 9.42. The topological polar surface area (TPSA) is 24.9 Å². The van der Waals surface area contributed by atoms with Crippen molar-refractivity contribution < 1.29 is 0 Å². The third kappa shape index (κ3) is 1.73. The number of aromatic nitrogens is 1. The van der Waals surface area contributed by atoms with E-state index in [4.69, 9.17) is 0 Å². The highest BCUT2D eigenvalue weighted by Crippen LogP contribution is 2.33. The van der Waals surface area contributed by atoms with E-state index in [0.29, 0.717) is 0 Å². The molecule has 0 aliphatic heterocycles. The first kappa shape index (κ1) is 9.43. The van der Waals surface area contributed by atoms with Crippen LogP contribution in [-0.4, -0.2) is 12.0 Å². The lowest BCUT2D eigenvalue weighted by atomic mass is 10.3. The highest BCUT2D eigenvalue weighted by molar-refractivity contribution is 9.11. The number of halogens is 2. The van der Waals surface area contributed by atoms with Crippen LogP contribution in [0, 0.1) is 0 Å². The molecule has 13 heavy (non-hydrogen) atoms. The Kier molecular flexibility index (Phi) is 2.58. The van der Waals surface area contributed by atoms with Crippen LogP contribution in [-0.2, 0) is 0 Å². The van der Waals surface area contributed by atoms with E-state index in [1.807, 2.05) is 13.1 Å². The van der Waals surface area contributed by atoms with E-state index in [-0.39, 0.29) is 0 Å². The molecule has 68 valence electrons. The van der Waals surface area contributed by atoms with Gasteiger partial charge in [-0.25, -0.2) is 4.98 Å². The van der Waals surface area contributed by atoms with E-state index in [0.717, 1.165) is 19.6 Å². The van der Waals surface area contributed by atoms with Gasteiger partial charge in [0.05, 0.1) is 10.2 Å². The second kappa shape index (κ2) is 3.55. The fourth-order valence-electron chi connectivity index (χ4n) is 1.06. The highest BCUT2D eigenvalue weighted by atomic mass is 79.9. The molecule has 1 aromatic heterocycles. The van der Waals surface area contributed by atoms with Crippen LogP contribution in [0.5, 0.6) is 0 Å². The molecule has 2 aromatic rings. The number of rotatable bonds is 1. The summed E-state index contributed by atoms with van der Waals surface area (Å²) < 4.78 is 3.26. The smallest absolute Gasteiger partial charge is 0.183 e. The Hall–Kier alpha value is -0.130. The monoisotopic (exact) mass is 320 g/mol. The molecule has 2 rings (SSSR count). The van der Waals surface area contributed by atoms with Gasteiger partial charge < -0.3 is 5.32 Å². The molecule has 0 aliphatic carbocycles. The van der Waals surface area contributed by atoms with Crippen LogP contribution in [0.3, 0.4) is 0 Å². The Morgan fingerprint density at radius 1 is 1.38 bits per heavy atom. The van der Waals surface area contributed by atoms with Crippen molar-refractivity contribution in [2.24, 2.45) is 0 Å². The molecule has 0 aliphatic rings. The number of nitrogens with one attached hydrogen (secondary N) is 1. The maximum Gasteiger partial charge on any atom is 0.183 e. The van der Waals surface area contributed by atoms with Crippen LogP contribution in [0.1, 0.15) is 0 Å². The van der Waals surface area contributed by atoms with Crippen molar-refractivity contribution in [2.45, 2.75) is 0 Å². The van der Waals surface area contributed by atoms with Crippen molar-refractivity contribution in [3.05, 3.63) is 21.1 Å². The molecule has 1 heterocycles. The summed E-state index contributed by atoms with van der Waals surface area (Å²) in [5.74, 6) is 0. The van der Waals surface area contributed by atoms with Gasteiger partial charge in [-0.3, -0.25) is 0 Å². The molecular formula is C8H6Br2N2S. The molecule has 0 radical (unpaired) electrons. The average Bonchev–Trinajstić information content (AvgIpc) is 2.47. The summed E-state index contributed by atoms with van der Waals surface area (Å²) in [5.41, 5.74) is 1.01. The van der Waals surface area contributed by atoms with Gasteiger partial charge in [-0.15, -0.1) is 0 Å². The maximum absolute atomic E-state index is 4.41. The third-order valence-corrected chi connectivity index (χ3v) is 3.71. The van der Waals surface area contributed by atoms with Crippen molar-refractivity contribution in [1.29, 1.82) is 0 Å². The number of anilines is 1. The lowest BCUT2D eigenvalue weighted by Crippen LogP contribution is -1.84. The van der Waals surface area contributed by atoms with Crippen molar-refractivity contribution in [3.8, 4) is 0 Å². The summed E-state index contributed by atoms with van der Waals surface area (Å²) in [6, 6.07) is 4.07. The predicted molar refractivity (Wildman–Crippen MR) is 64.6 cm³/mol. The van der Waals surface area contributed by atoms with Crippen LogP contribution >= 0.6 is 43.2 Å². The van der Waals surface area contributed by atoms with Gasteiger partial charge in [-0.1, -0.05) is 27.3 Å². The number of benzene rings is 1. The van der Waals surface area contributed by atoms with E-state index in [1.54, 1.807) is 11.3 Å². The Balaban J connectivity index is 2.75. The molecule has 0 unspecified atom stereocenters. The molecule has 0 saturated carbocycles. The van der Waals surface area contributed by atoms with E-state index in [2.05, 4.69) is 48.2 Å². The fourth-order valence-corrected chi connectivity index (χ4v) is 3.55. The minimum atomic E-state index is 0.939. The van der Waals surface area contributed by atoms with E-state index in [1.165, 1.54) is 4.70 Å². The first-order valence-corrected chi connectivity index (χ1v) is 6.04. The summed E-state index contributed by atoms with van der Waals surface area (Å²) in [6.45, 7) is 0. The van der Waals surface area contributed by atoms with Gasteiger partial charge >= 0.3 is 0 Å². The second-order valence-corrected chi connectivity index (χ2v) is 5.30. The predicted octanol–water partition coefficient (Wildman–Crippen LogP) is 3.86. The van der Waals surface area contributed by atoms with Gasteiger partial charge in [0.25, 0.3) is 0 Å². The minimum Gasteiger partial charge on any atom is -0.365 e. The van der Waals surface area contributed by atoms with Crippen molar-refractivity contribution >= 4 is 58.5 Å². The molecule has 0 saturated heterocycles. The first-order valence-electron chi connectivity index (χ1n) is 3.64. The Morgan fingerprint density at radius 3 is 2.85 bits per heavy atom. The normalized spacial score (nSPS) is 10.7. The lowest BCUT2D eigenvalue weighted by Gasteiger charge is -1.92. The number of fused-ring (bicyclic) bond motifs is 1. The summed E-state index contributed by atoms with van der Waals surface area (Å²) in [7, 11) is 1.88. The van der Waals surface area contributed by atoms with Crippen LogP contribution in [0.15, 0.2) is 21.1 Å². The van der Waals surface area contributed by atoms with Gasteiger partial charge in [-0.2, -0.15) is 0 Å². The molecule has 0 bridgehead atoms. The van der Waals surface area contributed by atoms with Gasteiger partial charge in [0.15, 0.2) is 5.13 Å². The fraction of sp³-hybridized carbons (Fsp3) is 0.125. The number of hydrogen-bond acceptors (Lipinski definition) is 3. The quantitative estimate of drug-likeness (QED) is 0.862. The standard InChI is InChI=1S/C8H6Br2N2S/c1-11-8-12-7-5(10)2-4(9)3-6(7)13-8/h2-3H,1H3,(H,11,12). The van der Waals surface area contributed by atoms with Gasteiger partial charge in [0.2, 0.25) is 0 Å². The van der Waals surface area contributed by atoms with E-state index in [9.17, 15) is 0 Å². The largest absolute Gasteiger partial charge is 0.365 e. The zero-order valence-electron chi connectivity index (χ0n) is 6.77. The summed E-state index contributed by atoms with van der Waals surface area (Å²) in [6.07, 6.45) is 0. The van der Waals surface area contributed by atoms with Crippen LogP contribution in [0.2, 0.25) is 0 Å². The summed E-state index contributed by atoms with van der Waals surface area (Å²) in [5, 5.41) is 3.97. The highest BCUT2D eigenvalue weighted by Gasteiger charge is 2.06. The molecule has 1 aromatic carbocycles. The third-order valence-electron chi connectivity index (χ3n) is 1.63. The van der Waals surface area contributed by atoms with E-state index >= 15 is 0 Å². The summed E-state index contributed by atoms with van der Waals surface area (Å²) in [4.78, 5) is 4.41. The van der Waals surface area contributed by atoms with Gasteiger partial charge in [0.1, 0.15) is 0 Å². The number of hydrogen-bond donors (Lipinski definition) is 1. The van der Waals surface area contributed by atoms with Gasteiger partial charge in [-0.05, 0) is 28.1 Å². The Morgan fingerprint density at radius 2 is 2.15 bits per heavy atom. The van der Waals surface area contributed by atoms with Crippen molar-refractivity contribution in [3.63, 3.8) is 0 Å². The second-order valence-electron chi connectivity index (χ2n) is 2.50. The van der Waals surface area contributed by atoms with Crippen LogP contribution in [0.25, 0.3) is 10.2 Å². The SMILES string of the molecule is CNc1nc2c(Br)cc(Br)cc2s1. The Labute approximate surface area is 96.6 Å². The number of nitrogens with zero attached hydrogens (tertiary/aromatic N) is 1. The molecular weight excluding hydrogens is 316 g/mol. The minimum absolute atomic E-state index is 0.939. The zero-order valence-corrected chi connectivity index (χ0v) is 10.8. The van der Waals surface area contributed by atoms with Crippen LogP contribution < -0.4 is 5.32 Å². The molecule has 0 amide bonds. The molecule has 0 atom stereocenters. The molecule has 0 fully saturated rings. The number of thiazole rings is 1. The van der Waals surface area contributed by atoms with Crippen molar-refractivity contribution in [1.82, 2.24) is 4.98 Å². The van der Waals surface area contributed by atoms with E-state index < -0.39 is 0 Å². The van der Waals surface area contributed by atoms with Gasteiger partial charge in [0, 0.05) is 16.0 Å². The average molecular weight is 322 g/mol.